The first-order valence-electron chi connectivity index (χ1n) is 6.43. The second kappa shape index (κ2) is 6.02. The highest BCUT2D eigenvalue weighted by molar-refractivity contribution is 6.04. The van der Waals surface area contributed by atoms with Gasteiger partial charge < -0.3 is 5.32 Å². The molecule has 0 unspecified atom stereocenters. The molecule has 1 aromatic heterocycles. The van der Waals surface area contributed by atoms with Crippen LogP contribution in [-0.4, -0.2) is 15.7 Å². The number of hydrogen-bond donors (Lipinski definition) is 1. The van der Waals surface area contributed by atoms with Crippen molar-refractivity contribution < 1.29 is 4.79 Å². The van der Waals surface area contributed by atoms with Crippen molar-refractivity contribution in [1.29, 1.82) is 5.26 Å². The van der Waals surface area contributed by atoms with Crippen LogP contribution in [0.3, 0.4) is 0 Å². The van der Waals surface area contributed by atoms with E-state index >= 15 is 0 Å². The van der Waals surface area contributed by atoms with Crippen molar-refractivity contribution in [1.82, 2.24) is 9.78 Å². The molecule has 2 rings (SSSR count). The van der Waals surface area contributed by atoms with Crippen molar-refractivity contribution in [2.75, 3.05) is 5.32 Å². The van der Waals surface area contributed by atoms with Crippen LogP contribution in [0.15, 0.2) is 36.5 Å². The Kier molecular flexibility index (Phi) is 4.16. The summed E-state index contributed by atoms with van der Waals surface area (Å²) >= 11 is 0. The molecule has 1 N–H and O–H groups in total. The van der Waals surface area contributed by atoms with Crippen molar-refractivity contribution in [3.63, 3.8) is 0 Å². The summed E-state index contributed by atoms with van der Waals surface area (Å²) < 4.78 is 1.76. The van der Waals surface area contributed by atoms with Gasteiger partial charge >= 0.3 is 0 Å². The molecule has 0 aliphatic rings. The summed E-state index contributed by atoms with van der Waals surface area (Å²) in [5.41, 5.74) is 0.926. The van der Waals surface area contributed by atoms with Crippen LogP contribution in [-0.2, 0) is 6.54 Å². The molecular weight excluding hydrogens is 252 g/mol. The van der Waals surface area contributed by atoms with Gasteiger partial charge in [0.25, 0.3) is 5.91 Å². The first kappa shape index (κ1) is 13.8. The molecule has 1 amide bonds. The zero-order chi connectivity index (χ0) is 14.5. The molecule has 0 aliphatic heterocycles. The number of hydrogen-bond acceptors (Lipinski definition) is 3. The van der Waals surface area contributed by atoms with E-state index in [9.17, 15) is 4.79 Å². The van der Waals surface area contributed by atoms with Crippen LogP contribution in [0, 0.1) is 17.2 Å². The van der Waals surface area contributed by atoms with E-state index in [1.54, 1.807) is 41.2 Å². The Hall–Kier alpha value is -2.61. The topological polar surface area (TPSA) is 70.7 Å². The molecule has 0 atom stereocenters. The molecule has 102 valence electrons. The number of carbonyl (C=O) groups is 1. The van der Waals surface area contributed by atoms with Crippen LogP contribution in [0.2, 0.25) is 0 Å². The molecule has 1 heterocycles. The summed E-state index contributed by atoms with van der Waals surface area (Å²) in [4.78, 5) is 12.2. The quantitative estimate of drug-likeness (QED) is 0.926. The van der Waals surface area contributed by atoms with Crippen molar-refractivity contribution >= 4 is 11.7 Å². The largest absolute Gasteiger partial charge is 0.307 e. The van der Waals surface area contributed by atoms with Gasteiger partial charge in [0.1, 0.15) is 5.82 Å². The summed E-state index contributed by atoms with van der Waals surface area (Å²) in [7, 11) is 0. The Bertz CT molecular complexity index is 652. The minimum Gasteiger partial charge on any atom is -0.307 e. The van der Waals surface area contributed by atoms with E-state index in [-0.39, 0.29) is 5.91 Å². The Morgan fingerprint density at radius 3 is 2.95 bits per heavy atom. The molecule has 0 radical (unpaired) electrons. The molecule has 0 spiro atoms. The predicted molar refractivity (Wildman–Crippen MR) is 76.2 cm³/mol. The first-order valence-corrected chi connectivity index (χ1v) is 6.43. The Morgan fingerprint density at radius 1 is 1.45 bits per heavy atom. The summed E-state index contributed by atoms with van der Waals surface area (Å²) in [6.07, 6.45) is 1.66. The molecule has 0 bridgehead atoms. The zero-order valence-corrected chi connectivity index (χ0v) is 11.5. The fraction of sp³-hybridized carbons (Fsp3) is 0.267. The SMILES string of the molecule is CC(C)Cn1nccc1NC(=O)c1cccc(C#N)c1. The summed E-state index contributed by atoms with van der Waals surface area (Å²) in [5.74, 6) is 0.853. The van der Waals surface area contributed by atoms with Gasteiger partial charge in [-0.15, -0.1) is 0 Å². The second-order valence-corrected chi connectivity index (χ2v) is 4.94. The van der Waals surface area contributed by atoms with Gasteiger partial charge in [-0.05, 0) is 24.1 Å². The minimum atomic E-state index is -0.243. The number of carbonyl (C=O) groups excluding carboxylic acids is 1. The van der Waals surface area contributed by atoms with Crippen LogP contribution >= 0.6 is 0 Å². The zero-order valence-electron chi connectivity index (χ0n) is 11.5. The number of nitrogens with zero attached hydrogens (tertiary/aromatic N) is 3. The molecule has 2 aromatic rings. The van der Waals surface area contributed by atoms with E-state index in [1.807, 2.05) is 6.07 Å². The molecule has 0 fully saturated rings. The lowest BCUT2D eigenvalue weighted by molar-refractivity contribution is 0.102. The fourth-order valence-electron chi connectivity index (χ4n) is 1.85. The molecule has 1 aromatic carbocycles. The molecule has 0 saturated heterocycles. The number of anilines is 1. The molecule has 0 aliphatic carbocycles. The average molecular weight is 268 g/mol. The van der Waals surface area contributed by atoms with Crippen LogP contribution < -0.4 is 5.32 Å². The third kappa shape index (κ3) is 3.23. The Morgan fingerprint density at radius 2 is 2.25 bits per heavy atom. The van der Waals surface area contributed by atoms with Gasteiger partial charge in [-0.25, -0.2) is 4.68 Å². The molecule has 20 heavy (non-hydrogen) atoms. The van der Waals surface area contributed by atoms with Crippen molar-refractivity contribution in [3.8, 4) is 6.07 Å². The summed E-state index contributed by atoms with van der Waals surface area (Å²) in [6.45, 7) is 4.91. The van der Waals surface area contributed by atoms with E-state index in [0.29, 0.717) is 22.9 Å². The summed E-state index contributed by atoms with van der Waals surface area (Å²) in [5, 5.41) is 15.8. The second-order valence-electron chi connectivity index (χ2n) is 4.94. The molecule has 0 saturated carbocycles. The third-order valence-electron chi connectivity index (χ3n) is 2.75. The average Bonchev–Trinajstić information content (AvgIpc) is 2.85. The Balaban J connectivity index is 2.15. The van der Waals surface area contributed by atoms with E-state index in [0.717, 1.165) is 6.54 Å². The van der Waals surface area contributed by atoms with Gasteiger partial charge in [0, 0.05) is 18.2 Å². The van der Waals surface area contributed by atoms with Crippen LogP contribution in [0.5, 0.6) is 0 Å². The van der Waals surface area contributed by atoms with Gasteiger partial charge in [-0.1, -0.05) is 19.9 Å². The number of nitrogens with one attached hydrogen (secondary N) is 1. The summed E-state index contributed by atoms with van der Waals surface area (Å²) in [6, 6.07) is 10.4. The van der Waals surface area contributed by atoms with Gasteiger partial charge in [-0.2, -0.15) is 10.4 Å². The smallest absolute Gasteiger partial charge is 0.256 e. The lowest BCUT2D eigenvalue weighted by atomic mass is 10.1. The van der Waals surface area contributed by atoms with Crippen molar-refractivity contribution in [3.05, 3.63) is 47.7 Å². The minimum absolute atomic E-state index is 0.243. The van der Waals surface area contributed by atoms with Gasteiger partial charge in [0.15, 0.2) is 0 Å². The molecule has 5 heteroatoms. The van der Waals surface area contributed by atoms with E-state index < -0.39 is 0 Å². The number of benzene rings is 1. The lowest BCUT2D eigenvalue weighted by Crippen LogP contribution is -2.17. The van der Waals surface area contributed by atoms with E-state index in [4.69, 9.17) is 5.26 Å². The maximum absolute atomic E-state index is 12.2. The standard InChI is InChI=1S/C15H16N4O/c1-11(2)10-19-14(6-7-17-19)18-15(20)13-5-3-4-12(8-13)9-16/h3-8,11H,10H2,1-2H3,(H,18,20). The highest BCUT2D eigenvalue weighted by Crippen LogP contribution is 2.12. The van der Waals surface area contributed by atoms with Crippen LogP contribution in [0.1, 0.15) is 29.8 Å². The predicted octanol–water partition coefficient (Wildman–Crippen LogP) is 2.66. The van der Waals surface area contributed by atoms with Gasteiger partial charge in [0.2, 0.25) is 0 Å². The van der Waals surface area contributed by atoms with Crippen molar-refractivity contribution in [2.45, 2.75) is 20.4 Å². The monoisotopic (exact) mass is 268 g/mol. The van der Waals surface area contributed by atoms with E-state index in [2.05, 4.69) is 24.3 Å². The van der Waals surface area contributed by atoms with Gasteiger partial charge in [-0.3, -0.25) is 4.79 Å². The molecule has 5 nitrogen and oxygen atoms in total. The maximum atomic E-state index is 12.2. The molecular formula is C15H16N4O. The number of rotatable bonds is 4. The lowest BCUT2D eigenvalue weighted by Gasteiger charge is -2.11. The third-order valence-corrected chi connectivity index (χ3v) is 2.75. The number of aromatic nitrogens is 2. The Labute approximate surface area is 117 Å². The van der Waals surface area contributed by atoms with Crippen LogP contribution in [0.4, 0.5) is 5.82 Å². The maximum Gasteiger partial charge on any atom is 0.256 e. The van der Waals surface area contributed by atoms with Crippen molar-refractivity contribution in [2.24, 2.45) is 5.92 Å². The number of amides is 1. The highest BCUT2D eigenvalue weighted by atomic mass is 16.1. The van der Waals surface area contributed by atoms with Crippen LogP contribution in [0.25, 0.3) is 0 Å². The fourth-order valence-corrected chi connectivity index (χ4v) is 1.85. The highest BCUT2D eigenvalue weighted by Gasteiger charge is 2.10. The first-order chi connectivity index (χ1) is 9.60. The van der Waals surface area contributed by atoms with E-state index in [1.165, 1.54) is 0 Å². The normalized spacial score (nSPS) is 10.3. The van der Waals surface area contributed by atoms with Gasteiger partial charge in [0.05, 0.1) is 17.8 Å². The number of nitriles is 1.